The van der Waals surface area contributed by atoms with Gasteiger partial charge >= 0.3 is 5.97 Å². The standard InChI is InChI=1S/C16H21NO3/c1-9-7-5-6-8-11(9)10(2)17-14(18)12-13(15(19)20)16(12,3)4/h5-8,10,12-13H,1-4H3,(H,17,18)(H,19,20)/t10?,12-,13+/m0/s1. The molecular weight excluding hydrogens is 254 g/mol. The Hall–Kier alpha value is -1.84. The van der Waals surface area contributed by atoms with E-state index in [-0.39, 0.29) is 11.9 Å². The first-order valence-corrected chi connectivity index (χ1v) is 6.85. The van der Waals surface area contributed by atoms with Gasteiger partial charge in [-0.05, 0) is 30.4 Å². The van der Waals surface area contributed by atoms with Crippen molar-refractivity contribution in [2.75, 3.05) is 0 Å². The molecule has 1 fully saturated rings. The van der Waals surface area contributed by atoms with Crippen LogP contribution in [0.1, 0.15) is 37.9 Å². The van der Waals surface area contributed by atoms with Gasteiger partial charge in [0.15, 0.2) is 0 Å². The quantitative estimate of drug-likeness (QED) is 0.887. The number of carboxylic acid groups (broad SMARTS) is 1. The summed E-state index contributed by atoms with van der Waals surface area (Å²) in [5.74, 6) is -2.07. The predicted molar refractivity (Wildman–Crippen MR) is 76.1 cm³/mol. The number of hydrogen-bond donors (Lipinski definition) is 2. The number of aryl methyl sites for hydroxylation is 1. The molecule has 3 atom stereocenters. The second-order valence-corrected chi connectivity index (χ2v) is 6.20. The summed E-state index contributed by atoms with van der Waals surface area (Å²) in [6, 6.07) is 7.75. The van der Waals surface area contributed by atoms with Gasteiger partial charge in [0.05, 0.1) is 17.9 Å². The summed E-state index contributed by atoms with van der Waals surface area (Å²) in [6.07, 6.45) is 0. The van der Waals surface area contributed by atoms with Crippen LogP contribution in [0.2, 0.25) is 0 Å². The van der Waals surface area contributed by atoms with Crippen molar-refractivity contribution >= 4 is 11.9 Å². The minimum atomic E-state index is -0.890. The lowest BCUT2D eigenvalue weighted by atomic mass is 10.0. The number of benzene rings is 1. The van der Waals surface area contributed by atoms with E-state index in [1.807, 2.05) is 52.0 Å². The molecule has 1 aromatic rings. The topological polar surface area (TPSA) is 66.4 Å². The van der Waals surface area contributed by atoms with Gasteiger partial charge in [0.1, 0.15) is 0 Å². The third-order valence-corrected chi connectivity index (χ3v) is 4.39. The molecule has 2 N–H and O–H groups in total. The van der Waals surface area contributed by atoms with Gasteiger partial charge in [-0.1, -0.05) is 38.1 Å². The summed E-state index contributed by atoms with van der Waals surface area (Å²) in [6.45, 7) is 7.58. The molecule has 20 heavy (non-hydrogen) atoms. The predicted octanol–water partition coefficient (Wildman–Crippen LogP) is 2.53. The first-order valence-electron chi connectivity index (χ1n) is 6.85. The number of rotatable bonds is 4. The van der Waals surface area contributed by atoms with Crippen molar-refractivity contribution < 1.29 is 14.7 Å². The van der Waals surface area contributed by atoms with Gasteiger partial charge in [-0.2, -0.15) is 0 Å². The third-order valence-electron chi connectivity index (χ3n) is 4.39. The van der Waals surface area contributed by atoms with E-state index in [0.29, 0.717) is 0 Å². The molecule has 0 aliphatic heterocycles. The zero-order valence-electron chi connectivity index (χ0n) is 12.3. The van der Waals surface area contributed by atoms with Crippen LogP contribution in [0.3, 0.4) is 0 Å². The maximum absolute atomic E-state index is 12.3. The van der Waals surface area contributed by atoms with E-state index in [0.717, 1.165) is 11.1 Å². The fourth-order valence-electron chi connectivity index (χ4n) is 3.04. The number of nitrogens with one attached hydrogen (secondary N) is 1. The molecule has 1 saturated carbocycles. The van der Waals surface area contributed by atoms with Crippen molar-refractivity contribution in [2.24, 2.45) is 17.3 Å². The van der Waals surface area contributed by atoms with Crippen LogP contribution in [0, 0.1) is 24.2 Å². The molecular formula is C16H21NO3. The van der Waals surface area contributed by atoms with Gasteiger partial charge < -0.3 is 10.4 Å². The van der Waals surface area contributed by atoms with Crippen molar-refractivity contribution in [3.05, 3.63) is 35.4 Å². The number of aliphatic carboxylic acids is 1. The first kappa shape index (κ1) is 14.6. The fourth-order valence-corrected chi connectivity index (χ4v) is 3.04. The summed E-state index contributed by atoms with van der Waals surface area (Å²) in [5.41, 5.74) is 1.72. The van der Waals surface area contributed by atoms with Crippen LogP contribution in [0.25, 0.3) is 0 Å². The maximum Gasteiger partial charge on any atom is 0.307 e. The molecule has 108 valence electrons. The first-order chi connectivity index (χ1) is 9.26. The number of hydrogen-bond acceptors (Lipinski definition) is 2. The van der Waals surface area contributed by atoms with E-state index >= 15 is 0 Å². The van der Waals surface area contributed by atoms with Gasteiger partial charge in [-0.15, -0.1) is 0 Å². The van der Waals surface area contributed by atoms with E-state index in [2.05, 4.69) is 5.32 Å². The Morgan fingerprint density at radius 3 is 2.35 bits per heavy atom. The monoisotopic (exact) mass is 275 g/mol. The van der Waals surface area contributed by atoms with E-state index in [1.165, 1.54) is 0 Å². The Morgan fingerprint density at radius 2 is 1.85 bits per heavy atom. The molecule has 1 aliphatic rings. The largest absolute Gasteiger partial charge is 0.481 e. The number of carbonyl (C=O) groups excluding carboxylic acids is 1. The van der Waals surface area contributed by atoms with Crippen LogP contribution in [0.4, 0.5) is 0 Å². The smallest absolute Gasteiger partial charge is 0.307 e. The second kappa shape index (κ2) is 4.93. The van der Waals surface area contributed by atoms with Crippen LogP contribution in [-0.2, 0) is 9.59 Å². The molecule has 4 nitrogen and oxygen atoms in total. The second-order valence-electron chi connectivity index (χ2n) is 6.20. The van der Waals surface area contributed by atoms with Crippen molar-refractivity contribution in [1.82, 2.24) is 5.32 Å². The molecule has 4 heteroatoms. The zero-order valence-corrected chi connectivity index (χ0v) is 12.3. The van der Waals surface area contributed by atoms with Gasteiger partial charge in [0.2, 0.25) is 5.91 Å². The van der Waals surface area contributed by atoms with Crippen molar-refractivity contribution in [3.63, 3.8) is 0 Å². The molecule has 0 radical (unpaired) electrons. The highest BCUT2D eigenvalue weighted by molar-refractivity contribution is 5.91. The average Bonchev–Trinajstić information content (AvgIpc) is 2.93. The third kappa shape index (κ3) is 2.42. The summed E-state index contributed by atoms with van der Waals surface area (Å²) in [5, 5.41) is 12.1. The van der Waals surface area contributed by atoms with Gasteiger partial charge in [-0.25, -0.2) is 0 Å². The van der Waals surface area contributed by atoms with Crippen molar-refractivity contribution in [1.29, 1.82) is 0 Å². The van der Waals surface area contributed by atoms with E-state index < -0.39 is 23.2 Å². The summed E-state index contributed by atoms with van der Waals surface area (Å²) in [7, 11) is 0. The lowest BCUT2D eigenvalue weighted by molar-refractivity contribution is -0.140. The molecule has 1 amide bonds. The van der Waals surface area contributed by atoms with Crippen LogP contribution in [0.15, 0.2) is 24.3 Å². The lowest BCUT2D eigenvalue weighted by Gasteiger charge is -2.17. The SMILES string of the molecule is Cc1ccccc1C(C)NC(=O)[C@@H]1[C@H](C(=O)O)C1(C)C. The molecule has 0 heterocycles. The van der Waals surface area contributed by atoms with Gasteiger partial charge in [-0.3, -0.25) is 9.59 Å². The van der Waals surface area contributed by atoms with E-state index in [4.69, 9.17) is 5.11 Å². The Kier molecular flexibility index (Phi) is 3.59. The molecule has 0 bridgehead atoms. The molecule has 0 spiro atoms. The molecule has 2 rings (SSSR count). The maximum atomic E-state index is 12.3. The van der Waals surface area contributed by atoms with Crippen LogP contribution in [-0.4, -0.2) is 17.0 Å². The Bertz CT molecular complexity index is 550. The summed E-state index contributed by atoms with van der Waals surface area (Å²) >= 11 is 0. The zero-order chi connectivity index (χ0) is 15.1. The van der Waals surface area contributed by atoms with Crippen LogP contribution < -0.4 is 5.32 Å². The number of carboxylic acids is 1. The summed E-state index contributed by atoms with van der Waals surface area (Å²) < 4.78 is 0. The van der Waals surface area contributed by atoms with E-state index in [9.17, 15) is 9.59 Å². The van der Waals surface area contributed by atoms with Crippen LogP contribution in [0.5, 0.6) is 0 Å². The van der Waals surface area contributed by atoms with Crippen molar-refractivity contribution in [2.45, 2.75) is 33.7 Å². The average molecular weight is 275 g/mol. The molecule has 1 aromatic carbocycles. The minimum Gasteiger partial charge on any atom is -0.481 e. The Morgan fingerprint density at radius 1 is 1.25 bits per heavy atom. The lowest BCUT2D eigenvalue weighted by Crippen LogP contribution is -2.30. The fraction of sp³-hybridized carbons (Fsp3) is 0.500. The van der Waals surface area contributed by atoms with Crippen molar-refractivity contribution in [3.8, 4) is 0 Å². The van der Waals surface area contributed by atoms with Gasteiger partial charge in [0.25, 0.3) is 0 Å². The molecule has 0 aromatic heterocycles. The van der Waals surface area contributed by atoms with Gasteiger partial charge in [0, 0.05) is 0 Å². The molecule has 0 saturated heterocycles. The Labute approximate surface area is 119 Å². The molecule has 1 aliphatic carbocycles. The van der Waals surface area contributed by atoms with E-state index in [1.54, 1.807) is 0 Å². The summed E-state index contributed by atoms with van der Waals surface area (Å²) in [4.78, 5) is 23.4. The minimum absolute atomic E-state index is 0.116. The number of carbonyl (C=O) groups is 2. The highest BCUT2D eigenvalue weighted by atomic mass is 16.4. The highest BCUT2D eigenvalue weighted by Gasteiger charge is 2.65. The number of amides is 1. The molecule has 1 unspecified atom stereocenters. The Balaban J connectivity index is 2.07. The normalized spacial score (nSPS) is 24.8. The highest BCUT2D eigenvalue weighted by Crippen LogP contribution is 2.58. The van der Waals surface area contributed by atoms with Crippen LogP contribution >= 0.6 is 0 Å².